The van der Waals surface area contributed by atoms with Crippen LogP contribution in [0.5, 0.6) is 0 Å². The van der Waals surface area contributed by atoms with Crippen LogP contribution in [0.3, 0.4) is 0 Å². The summed E-state index contributed by atoms with van der Waals surface area (Å²) in [4.78, 5) is 23.9. The standard InChI is InChI=1S/C20H26N4O3/c1-15-4-6-16(7-5-15)8-9-19(25)21-12-20(26)23-17-11-22-24(13-17)14-18-3-2-10-27-18/h4-7,11,13,18H,2-3,8-10,12,14H2,1H3,(H,21,25)(H,23,26). The van der Waals surface area contributed by atoms with Crippen LogP contribution in [0.1, 0.15) is 30.4 Å². The number of aryl methyl sites for hydroxylation is 2. The molecule has 0 aliphatic carbocycles. The Hall–Kier alpha value is -2.67. The topological polar surface area (TPSA) is 85.3 Å². The Balaban J connectivity index is 1.35. The monoisotopic (exact) mass is 370 g/mol. The van der Waals surface area contributed by atoms with E-state index in [-0.39, 0.29) is 24.5 Å². The lowest BCUT2D eigenvalue weighted by Crippen LogP contribution is -2.32. The number of amides is 2. The lowest BCUT2D eigenvalue weighted by atomic mass is 10.1. The van der Waals surface area contributed by atoms with Crippen LogP contribution < -0.4 is 10.6 Å². The lowest BCUT2D eigenvalue weighted by Gasteiger charge is -2.08. The second-order valence-corrected chi connectivity index (χ2v) is 6.90. The summed E-state index contributed by atoms with van der Waals surface area (Å²) in [6.07, 6.45) is 6.71. The van der Waals surface area contributed by atoms with Crippen LogP contribution in [0.2, 0.25) is 0 Å². The molecule has 7 heteroatoms. The third kappa shape index (κ3) is 6.21. The summed E-state index contributed by atoms with van der Waals surface area (Å²) in [5.74, 6) is -0.407. The van der Waals surface area contributed by atoms with E-state index in [1.165, 1.54) is 5.56 Å². The smallest absolute Gasteiger partial charge is 0.243 e. The summed E-state index contributed by atoms with van der Waals surface area (Å²) in [6, 6.07) is 8.09. The summed E-state index contributed by atoms with van der Waals surface area (Å²) >= 11 is 0. The highest BCUT2D eigenvalue weighted by Gasteiger charge is 2.16. The van der Waals surface area contributed by atoms with Gasteiger partial charge < -0.3 is 15.4 Å². The van der Waals surface area contributed by atoms with E-state index in [9.17, 15) is 9.59 Å². The van der Waals surface area contributed by atoms with Gasteiger partial charge in [-0.3, -0.25) is 14.3 Å². The van der Waals surface area contributed by atoms with Crippen molar-refractivity contribution in [3.05, 3.63) is 47.8 Å². The average Bonchev–Trinajstić information content (AvgIpc) is 3.32. The second kappa shape index (κ2) is 9.32. The zero-order valence-electron chi connectivity index (χ0n) is 15.6. The highest BCUT2D eigenvalue weighted by Crippen LogP contribution is 2.14. The Bertz CT molecular complexity index is 764. The maximum atomic E-state index is 12.0. The summed E-state index contributed by atoms with van der Waals surface area (Å²) in [5.41, 5.74) is 2.92. The van der Waals surface area contributed by atoms with Gasteiger partial charge in [0.25, 0.3) is 0 Å². The third-order valence-electron chi connectivity index (χ3n) is 4.54. The third-order valence-corrected chi connectivity index (χ3v) is 4.54. The van der Waals surface area contributed by atoms with Crippen molar-refractivity contribution in [2.75, 3.05) is 18.5 Å². The number of rotatable bonds is 8. The van der Waals surface area contributed by atoms with E-state index in [0.29, 0.717) is 25.1 Å². The van der Waals surface area contributed by atoms with E-state index in [1.54, 1.807) is 17.1 Å². The van der Waals surface area contributed by atoms with Crippen LogP contribution in [-0.4, -0.2) is 40.9 Å². The van der Waals surface area contributed by atoms with Crippen molar-refractivity contribution >= 4 is 17.5 Å². The number of aromatic nitrogens is 2. The summed E-state index contributed by atoms with van der Waals surface area (Å²) < 4.78 is 7.35. The molecule has 2 amide bonds. The molecule has 2 N–H and O–H groups in total. The number of ether oxygens (including phenoxy) is 1. The molecule has 2 heterocycles. The molecule has 1 aliphatic rings. The molecule has 1 fully saturated rings. The number of carbonyl (C=O) groups excluding carboxylic acids is 2. The molecule has 7 nitrogen and oxygen atoms in total. The minimum atomic E-state index is -0.268. The number of carbonyl (C=O) groups is 2. The molecule has 0 radical (unpaired) electrons. The number of hydrogen-bond acceptors (Lipinski definition) is 4. The lowest BCUT2D eigenvalue weighted by molar-refractivity contribution is -0.124. The van der Waals surface area contributed by atoms with Gasteiger partial charge in [-0.25, -0.2) is 0 Å². The number of nitrogens with one attached hydrogen (secondary N) is 2. The van der Waals surface area contributed by atoms with E-state index >= 15 is 0 Å². The van der Waals surface area contributed by atoms with Crippen molar-refractivity contribution in [1.82, 2.24) is 15.1 Å². The predicted molar refractivity (Wildman–Crippen MR) is 102 cm³/mol. The molecule has 1 saturated heterocycles. The van der Waals surface area contributed by atoms with Gasteiger partial charge in [0.15, 0.2) is 0 Å². The molecule has 0 bridgehead atoms. The van der Waals surface area contributed by atoms with Gasteiger partial charge in [0, 0.05) is 19.2 Å². The van der Waals surface area contributed by atoms with E-state index in [1.807, 2.05) is 31.2 Å². The molecule has 3 rings (SSSR count). The Morgan fingerprint density at radius 3 is 2.81 bits per heavy atom. The summed E-state index contributed by atoms with van der Waals surface area (Å²) in [7, 11) is 0. The van der Waals surface area contributed by atoms with Crippen LogP contribution >= 0.6 is 0 Å². The fraction of sp³-hybridized carbons (Fsp3) is 0.450. The average molecular weight is 370 g/mol. The SMILES string of the molecule is Cc1ccc(CCC(=O)NCC(=O)Nc2cnn(CC3CCCO3)c2)cc1. The van der Waals surface area contributed by atoms with Crippen molar-refractivity contribution in [2.45, 2.75) is 45.3 Å². The molecule has 1 aliphatic heterocycles. The van der Waals surface area contributed by atoms with Gasteiger partial charge in [0.05, 0.1) is 31.1 Å². The first-order valence-corrected chi connectivity index (χ1v) is 9.34. The van der Waals surface area contributed by atoms with Gasteiger partial charge in [-0.05, 0) is 31.7 Å². The zero-order chi connectivity index (χ0) is 19.1. The molecule has 27 heavy (non-hydrogen) atoms. The summed E-state index contributed by atoms with van der Waals surface area (Å²) in [6.45, 7) is 3.47. The first-order chi connectivity index (χ1) is 13.1. The minimum absolute atomic E-state index is 0.0519. The number of nitrogens with zero attached hydrogens (tertiary/aromatic N) is 2. The Kier molecular flexibility index (Phi) is 6.59. The van der Waals surface area contributed by atoms with Gasteiger partial charge in [-0.1, -0.05) is 29.8 Å². The van der Waals surface area contributed by atoms with Crippen LogP contribution in [0, 0.1) is 6.92 Å². The van der Waals surface area contributed by atoms with Gasteiger partial charge in [0.1, 0.15) is 0 Å². The zero-order valence-corrected chi connectivity index (χ0v) is 15.6. The first kappa shape index (κ1) is 19.1. The van der Waals surface area contributed by atoms with Crippen LogP contribution in [0.15, 0.2) is 36.7 Å². The van der Waals surface area contributed by atoms with Crippen molar-refractivity contribution in [3.8, 4) is 0 Å². The summed E-state index contributed by atoms with van der Waals surface area (Å²) in [5, 5.41) is 9.63. The maximum absolute atomic E-state index is 12.0. The predicted octanol–water partition coefficient (Wildman–Crippen LogP) is 2.06. The van der Waals surface area contributed by atoms with Crippen LogP contribution in [0.4, 0.5) is 5.69 Å². The quantitative estimate of drug-likeness (QED) is 0.745. The van der Waals surface area contributed by atoms with Crippen molar-refractivity contribution in [2.24, 2.45) is 0 Å². The molecular formula is C20H26N4O3. The van der Waals surface area contributed by atoms with Gasteiger partial charge in [0.2, 0.25) is 11.8 Å². The highest BCUT2D eigenvalue weighted by molar-refractivity contribution is 5.94. The fourth-order valence-electron chi connectivity index (χ4n) is 3.01. The largest absolute Gasteiger partial charge is 0.376 e. The Morgan fingerprint density at radius 2 is 2.07 bits per heavy atom. The van der Waals surface area contributed by atoms with Crippen molar-refractivity contribution in [3.63, 3.8) is 0 Å². The number of anilines is 1. The number of benzene rings is 1. The molecule has 2 aromatic rings. The van der Waals surface area contributed by atoms with Gasteiger partial charge in [-0.15, -0.1) is 0 Å². The van der Waals surface area contributed by atoms with Gasteiger partial charge >= 0.3 is 0 Å². The molecule has 0 saturated carbocycles. The molecule has 1 atom stereocenters. The van der Waals surface area contributed by atoms with E-state index in [0.717, 1.165) is 25.0 Å². The van der Waals surface area contributed by atoms with Crippen LogP contribution in [0.25, 0.3) is 0 Å². The molecule has 144 valence electrons. The Labute approximate surface area is 159 Å². The molecule has 1 aromatic heterocycles. The van der Waals surface area contributed by atoms with E-state index in [4.69, 9.17) is 4.74 Å². The first-order valence-electron chi connectivity index (χ1n) is 9.34. The molecular weight excluding hydrogens is 344 g/mol. The minimum Gasteiger partial charge on any atom is -0.376 e. The highest BCUT2D eigenvalue weighted by atomic mass is 16.5. The second-order valence-electron chi connectivity index (χ2n) is 6.90. The van der Waals surface area contributed by atoms with Gasteiger partial charge in [-0.2, -0.15) is 5.10 Å². The molecule has 1 unspecified atom stereocenters. The fourth-order valence-corrected chi connectivity index (χ4v) is 3.01. The number of hydrogen-bond donors (Lipinski definition) is 2. The molecule has 0 spiro atoms. The maximum Gasteiger partial charge on any atom is 0.243 e. The normalized spacial score (nSPS) is 16.3. The van der Waals surface area contributed by atoms with Crippen molar-refractivity contribution in [1.29, 1.82) is 0 Å². The van der Waals surface area contributed by atoms with Crippen molar-refractivity contribution < 1.29 is 14.3 Å². The van der Waals surface area contributed by atoms with E-state index in [2.05, 4.69) is 15.7 Å². The molecule has 1 aromatic carbocycles. The van der Waals surface area contributed by atoms with Crippen LogP contribution in [-0.2, 0) is 27.3 Å². The Morgan fingerprint density at radius 1 is 1.26 bits per heavy atom. The van der Waals surface area contributed by atoms with E-state index < -0.39 is 0 Å².